The van der Waals surface area contributed by atoms with E-state index >= 15 is 0 Å². The van der Waals surface area contributed by atoms with Crippen molar-refractivity contribution in [1.82, 2.24) is 4.57 Å². The molecule has 1 aromatic heterocycles. The van der Waals surface area contributed by atoms with Crippen LogP contribution in [0.4, 0.5) is 13.2 Å². The van der Waals surface area contributed by atoms with Crippen molar-refractivity contribution in [3.63, 3.8) is 0 Å². The molecule has 1 heterocycles. The summed E-state index contributed by atoms with van der Waals surface area (Å²) < 4.78 is 43.7. The molecule has 0 N–H and O–H groups in total. The molecule has 0 saturated heterocycles. The van der Waals surface area contributed by atoms with E-state index < -0.39 is 29.0 Å². The summed E-state index contributed by atoms with van der Waals surface area (Å²) in [5, 5.41) is 0. The van der Waals surface area contributed by atoms with Gasteiger partial charge >= 0.3 is 12.1 Å². The number of nitrogens with zero attached hydrogens (tertiary/aromatic N) is 1. The Bertz CT molecular complexity index is 578. The van der Waals surface area contributed by atoms with E-state index in [1.807, 2.05) is 0 Å². The second kappa shape index (κ2) is 7.05. The van der Waals surface area contributed by atoms with E-state index in [4.69, 9.17) is 0 Å². The van der Waals surface area contributed by atoms with Crippen molar-refractivity contribution in [3.8, 4) is 0 Å². The number of carbonyl (C=O) groups is 2. The standard InChI is InChI=1S/C13H14F3NO4/c1-2-21-12(20)9-5-6-10(13(14,15)16)17(11(9)19)7-3-4-8-18/h5-6,8H,2-4,7H2,1H3. The molecular weight excluding hydrogens is 291 g/mol. The first-order valence-corrected chi connectivity index (χ1v) is 6.24. The van der Waals surface area contributed by atoms with Gasteiger partial charge in [-0.1, -0.05) is 0 Å². The highest BCUT2D eigenvalue weighted by molar-refractivity contribution is 5.88. The predicted octanol–water partition coefficient (Wildman–Crippen LogP) is 2.02. The molecule has 0 aromatic carbocycles. The number of hydrogen-bond acceptors (Lipinski definition) is 4. The first-order chi connectivity index (χ1) is 9.82. The molecule has 0 fully saturated rings. The lowest BCUT2D eigenvalue weighted by molar-refractivity contribution is -0.144. The van der Waals surface area contributed by atoms with Crippen LogP contribution < -0.4 is 5.56 Å². The lowest BCUT2D eigenvalue weighted by atomic mass is 10.2. The number of aldehydes is 1. The summed E-state index contributed by atoms with van der Waals surface area (Å²) in [6.45, 7) is 1.22. The highest BCUT2D eigenvalue weighted by Gasteiger charge is 2.35. The zero-order chi connectivity index (χ0) is 16.0. The van der Waals surface area contributed by atoms with Gasteiger partial charge in [-0.15, -0.1) is 0 Å². The fraction of sp³-hybridized carbons (Fsp3) is 0.462. The highest BCUT2D eigenvalue weighted by atomic mass is 19.4. The summed E-state index contributed by atoms with van der Waals surface area (Å²) in [6, 6.07) is 1.47. The average molecular weight is 305 g/mol. The van der Waals surface area contributed by atoms with Gasteiger partial charge in [-0.05, 0) is 25.5 Å². The number of rotatable bonds is 6. The number of halogens is 3. The molecule has 0 unspecified atom stereocenters. The molecule has 0 atom stereocenters. The Balaban J connectivity index is 3.30. The molecule has 0 aliphatic rings. The molecule has 0 bridgehead atoms. The van der Waals surface area contributed by atoms with Gasteiger partial charge in [0.1, 0.15) is 17.5 Å². The van der Waals surface area contributed by atoms with Crippen LogP contribution >= 0.6 is 0 Å². The summed E-state index contributed by atoms with van der Waals surface area (Å²) in [7, 11) is 0. The van der Waals surface area contributed by atoms with Gasteiger partial charge in [0.15, 0.2) is 0 Å². The van der Waals surface area contributed by atoms with Crippen LogP contribution in [0.5, 0.6) is 0 Å². The Labute approximate surface area is 118 Å². The van der Waals surface area contributed by atoms with Crippen molar-refractivity contribution in [2.45, 2.75) is 32.5 Å². The Morgan fingerprint density at radius 2 is 2.05 bits per heavy atom. The van der Waals surface area contributed by atoms with Gasteiger partial charge in [-0.3, -0.25) is 4.79 Å². The zero-order valence-corrected chi connectivity index (χ0v) is 11.3. The number of aromatic nitrogens is 1. The quantitative estimate of drug-likeness (QED) is 0.458. The summed E-state index contributed by atoms with van der Waals surface area (Å²) in [4.78, 5) is 33.8. The molecule has 0 aliphatic carbocycles. The fourth-order valence-corrected chi connectivity index (χ4v) is 1.74. The second-order valence-electron chi connectivity index (χ2n) is 4.12. The van der Waals surface area contributed by atoms with E-state index in [9.17, 15) is 27.6 Å². The Morgan fingerprint density at radius 3 is 2.57 bits per heavy atom. The smallest absolute Gasteiger partial charge is 0.431 e. The molecule has 116 valence electrons. The third-order valence-electron chi connectivity index (χ3n) is 2.66. The molecule has 0 aliphatic heterocycles. The van der Waals surface area contributed by atoms with Gasteiger partial charge in [-0.2, -0.15) is 13.2 Å². The molecule has 0 spiro atoms. The average Bonchev–Trinajstić information content (AvgIpc) is 2.39. The Kier molecular flexibility index (Phi) is 5.69. The van der Waals surface area contributed by atoms with Gasteiger partial charge in [0, 0.05) is 13.0 Å². The van der Waals surface area contributed by atoms with Crippen LogP contribution in [-0.4, -0.2) is 23.4 Å². The van der Waals surface area contributed by atoms with Crippen LogP contribution in [0.1, 0.15) is 35.8 Å². The number of ether oxygens (including phenoxy) is 1. The summed E-state index contributed by atoms with van der Waals surface area (Å²) >= 11 is 0. The normalized spacial score (nSPS) is 11.2. The zero-order valence-electron chi connectivity index (χ0n) is 11.3. The first-order valence-electron chi connectivity index (χ1n) is 6.24. The number of carbonyl (C=O) groups excluding carboxylic acids is 2. The number of hydrogen-bond donors (Lipinski definition) is 0. The van der Waals surface area contributed by atoms with E-state index in [1.54, 1.807) is 0 Å². The summed E-state index contributed by atoms with van der Waals surface area (Å²) in [6.07, 6.45) is -4.09. The summed E-state index contributed by atoms with van der Waals surface area (Å²) in [5.41, 5.74) is -2.70. The van der Waals surface area contributed by atoms with E-state index in [0.29, 0.717) is 16.9 Å². The van der Waals surface area contributed by atoms with Gasteiger partial charge in [0.2, 0.25) is 0 Å². The topological polar surface area (TPSA) is 65.4 Å². The number of pyridine rings is 1. The highest BCUT2D eigenvalue weighted by Crippen LogP contribution is 2.28. The molecule has 0 radical (unpaired) electrons. The Morgan fingerprint density at radius 1 is 1.38 bits per heavy atom. The van der Waals surface area contributed by atoms with E-state index in [2.05, 4.69) is 4.74 Å². The molecule has 8 heteroatoms. The number of alkyl halides is 3. The monoisotopic (exact) mass is 305 g/mol. The maximum atomic E-state index is 12.9. The van der Waals surface area contributed by atoms with E-state index in [1.165, 1.54) is 6.92 Å². The second-order valence-corrected chi connectivity index (χ2v) is 4.12. The third-order valence-corrected chi connectivity index (χ3v) is 2.66. The predicted molar refractivity (Wildman–Crippen MR) is 67.0 cm³/mol. The third kappa shape index (κ3) is 4.17. The first kappa shape index (κ1) is 16.9. The van der Waals surface area contributed by atoms with Crippen molar-refractivity contribution in [2.75, 3.05) is 6.61 Å². The fourth-order valence-electron chi connectivity index (χ4n) is 1.74. The molecule has 5 nitrogen and oxygen atoms in total. The van der Waals surface area contributed by atoms with Crippen LogP contribution in [0.2, 0.25) is 0 Å². The minimum Gasteiger partial charge on any atom is -0.462 e. The minimum absolute atomic E-state index is 0.00440. The molecule has 0 amide bonds. The van der Waals surface area contributed by atoms with Crippen molar-refractivity contribution >= 4 is 12.3 Å². The number of unbranched alkanes of at least 4 members (excludes halogenated alkanes) is 1. The van der Waals surface area contributed by atoms with Crippen molar-refractivity contribution in [2.24, 2.45) is 0 Å². The van der Waals surface area contributed by atoms with Crippen LogP contribution in [0.3, 0.4) is 0 Å². The van der Waals surface area contributed by atoms with E-state index in [0.717, 1.165) is 6.07 Å². The van der Waals surface area contributed by atoms with E-state index in [-0.39, 0.29) is 26.0 Å². The molecule has 1 rings (SSSR count). The molecule has 1 aromatic rings. The van der Waals surface area contributed by atoms with Gasteiger partial charge in [0.25, 0.3) is 5.56 Å². The van der Waals surface area contributed by atoms with Crippen LogP contribution in [0.25, 0.3) is 0 Å². The van der Waals surface area contributed by atoms with Crippen molar-refractivity contribution in [3.05, 3.63) is 33.7 Å². The largest absolute Gasteiger partial charge is 0.462 e. The van der Waals surface area contributed by atoms with Crippen LogP contribution in [0, 0.1) is 0 Å². The molecule has 21 heavy (non-hydrogen) atoms. The maximum Gasteiger partial charge on any atom is 0.431 e. The van der Waals surface area contributed by atoms with Gasteiger partial charge < -0.3 is 14.1 Å². The molecule has 0 saturated carbocycles. The number of esters is 1. The summed E-state index contributed by atoms with van der Waals surface area (Å²) in [5.74, 6) is -0.972. The molecular formula is C13H14F3NO4. The maximum absolute atomic E-state index is 12.9. The lowest BCUT2D eigenvalue weighted by Crippen LogP contribution is -2.32. The minimum atomic E-state index is -4.73. The van der Waals surface area contributed by atoms with Gasteiger partial charge in [-0.25, -0.2) is 4.79 Å². The van der Waals surface area contributed by atoms with Crippen molar-refractivity contribution < 1.29 is 27.5 Å². The van der Waals surface area contributed by atoms with Gasteiger partial charge in [0.05, 0.1) is 6.61 Å². The lowest BCUT2D eigenvalue weighted by Gasteiger charge is -2.16. The SMILES string of the molecule is CCOC(=O)c1ccc(C(F)(F)F)n(CCCC=O)c1=O. The van der Waals surface area contributed by atoms with Crippen LogP contribution in [-0.2, 0) is 22.3 Å². The van der Waals surface area contributed by atoms with Crippen molar-refractivity contribution in [1.29, 1.82) is 0 Å². The Hall–Kier alpha value is -2.12. The van der Waals surface area contributed by atoms with Crippen LogP contribution in [0.15, 0.2) is 16.9 Å².